The van der Waals surface area contributed by atoms with Gasteiger partial charge in [-0.15, -0.1) is 0 Å². The van der Waals surface area contributed by atoms with E-state index in [9.17, 15) is 18.0 Å². The summed E-state index contributed by atoms with van der Waals surface area (Å²) in [6.07, 6.45) is 2.58. The van der Waals surface area contributed by atoms with E-state index in [1.54, 1.807) is 0 Å². The maximum Gasteiger partial charge on any atom is 0.324 e. The van der Waals surface area contributed by atoms with Crippen LogP contribution in [0.5, 0.6) is 0 Å². The Bertz CT molecular complexity index is 490. The van der Waals surface area contributed by atoms with Crippen LogP contribution in [0.1, 0.15) is 25.7 Å². The van der Waals surface area contributed by atoms with Gasteiger partial charge in [-0.2, -0.15) is 0 Å². The highest BCUT2D eigenvalue weighted by atomic mass is 32.2. The summed E-state index contributed by atoms with van der Waals surface area (Å²) in [5.74, 6) is -0.214. The van der Waals surface area contributed by atoms with Gasteiger partial charge in [-0.05, 0) is 25.7 Å². The van der Waals surface area contributed by atoms with E-state index in [-0.39, 0.29) is 29.8 Å². The number of carbonyl (C=O) groups excluding carboxylic acids is 2. The van der Waals surface area contributed by atoms with E-state index in [4.69, 9.17) is 0 Å². The molecule has 1 aliphatic carbocycles. The van der Waals surface area contributed by atoms with Crippen molar-refractivity contribution in [2.24, 2.45) is 0 Å². The molecule has 3 rings (SSSR count). The lowest BCUT2D eigenvalue weighted by Gasteiger charge is -2.34. The van der Waals surface area contributed by atoms with Crippen molar-refractivity contribution in [3.05, 3.63) is 0 Å². The number of hydrogen-bond acceptors (Lipinski definition) is 4. The van der Waals surface area contributed by atoms with Gasteiger partial charge in [-0.3, -0.25) is 9.69 Å². The van der Waals surface area contributed by atoms with E-state index >= 15 is 0 Å². The number of urea groups is 1. The van der Waals surface area contributed by atoms with Crippen LogP contribution in [0.3, 0.4) is 0 Å². The summed E-state index contributed by atoms with van der Waals surface area (Å²) >= 11 is 0. The van der Waals surface area contributed by atoms with Crippen molar-refractivity contribution in [3.8, 4) is 0 Å². The Morgan fingerprint density at radius 1 is 1.05 bits per heavy atom. The lowest BCUT2D eigenvalue weighted by atomic mass is 10.1. The third-order valence-corrected chi connectivity index (χ3v) is 6.37. The van der Waals surface area contributed by atoms with Crippen molar-refractivity contribution in [1.29, 1.82) is 0 Å². The number of hydrogen-bond donors (Lipinski definition) is 1. The van der Waals surface area contributed by atoms with Crippen LogP contribution in [0.2, 0.25) is 0 Å². The predicted octanol–water partition coefficient (Wildman–Crippen LogP) is -0.505. The molecular formula is C11H17N3O4S. The quantitative estimate of drug-likeness (QED) is 0.709. The second kappa shape index (κ2) is 4.45. The van der Waals surface area contributed by atoms with Gasteiger partial charge in [0.15, 0.2) is 0 Å². The first-order chi connectivity index (χ1) is 9.00. The molecule has 0 unspecified atom stereocenters. The summed E-state index contributed by atoms with van der Waals surface area (Å²) in [5, 5.41) is 2.30. The minimum Gasteiger partial charge on any atom is -0.329 e. The molecule has 0 atom stereocenters. The van der Waals surface area contributed by atoms with Crippen LogP contribution in [0, 0.1) is 0 Å². The van der Waals surface area contributed by atoms with E-state index in [1.165, 1.54) is 9.21 Å². The fraction of sp³-hybridized carbons (Fsp3) is 0.818. The summed E-state index contributed by atoms with van der Waals surface area (Å²) in [5.41, 5.74) is 0. The van der Waals surface area contributed by atoms with Crippen LogP contribution in [-0.4, -0.2) is 60.5 Å². The highest BCUT2D eigenvalue weighted by Crippen LogP contribution is 2.33. The normalized spacial score (nSPS) is 26.8. The van der Waals surface area contributed by atoms with E-state index in [0.717, 1.165) is 12.8 Å². The third-order valence-electron chi connectivity index (χ3n) is 3.97. The highest BCUT2D eigenvalue weighted by molar-refractivity contribution is 7.90. The van der Waals surface area contributed by atoms with Crippen molar-refractivity contribution in [1.82, 2.24) is 14.5 Å². The molecule has 0 spiro atoms. The number of carbonyl (C=O) groups is 2. The number of rotatable bonds is 3. The summed E-state index contributed by atoms with van der Waals surface area (Å²) in [4.78, 5) is 24.4. The van der Waals surface area contributed by atoms with Gasteiger partial charge in [0.25, 0.3) is 0 Å². The smallest absolute Gasteiger partial charge is 0.324 e. The Kier molecular flexibility index (Phi) is 3.01. The summed E-state index contributed by atoms with van der Waals surface area (Å²) in [7, 11) is -3.13. The van der Waals surface area contributed by atoms with E-state index in [0.29, 0.717) is 25.9 Å². The van der Waals surface area contributed by atoms with Gasteiger partial charge >= 0.3 is 6.03 Å². The largest absolute Gasteiger partial charge is 0.329 e. The third kappa shape index (κ3) is 2.23. The molecule has 0 aromatic rings. The number of amides is 3. The van der Waals surface area contributed by atoms with Crippen LogP contribution in [0.15, 0.2) is 0 Å². The average molecular weight is 287 g/mol. The van der Waals surface area contributed by atoms with E-state index in [2.05, 4.69) is 5.32 Å². The maximum atomic E-state index is 12.1. The van der Waals surface area contributed by atoms with Crippen molar-refractivity contribution in [2.75, 3.05) is 19.6 Å². The van der Waals surface area contributed by atoms with Crippen LogP contribution in [-0.2, 0) is 14.8 Å². The predicted molar refractivity (Wildman–Crippen MR) is 66.8 cm³/mol. The van der Waals surface area contributed by atoms with Crippen LogP contribution >= 0.6 is 0 Å². The highest BCUT2D eigenvalue weighted by Gasteiger charge is 2.43. The Morgan fingerprint density at radius 3 is 2.16 bits per heavy atom. The fourth-order valence-electron chi connectivity index (χ4n) is 2.74. The Hall–Kier alpha value is -1.15. The number of nitrogens with one attached hydrogen (secondary N) is 1. The first-order valence-electron chi connectivity index (χ1n) is 6.59. The van der Waals surface area contributed by atoms with Gasteiger partial charge in [-0.25, -0.2) is 17.5 Å². The molecule has 2 heterocycles. The van der Waals surface area contributed by atoms with Crippen molar-refractivity contribution < 1.29 is 18.0 Å². The van der Waals surface area contributed by atoms with Crippen molar-refractivity contribution >= 4 is 22.0 Å². The molecular weight excluding hydrogens is 270 g/mol. The molecule has 19 heavy (non-hydrogen) atoms. The lowest BCUT2D eigenvalue weighted by molar-refractivity contribution is -0.127. The standard InChI is InChI=1S/C11H17N3O4S/c15-10-7-12-11(16)14(10)8-3-5-13(6-4-8)19(17,18)9-1-2-9/h8-9H,1-7H2,(H,12,16). The van der Waals surface area contributed by atoms with Crippen molar-refractivity contribution in [2.45, 2.75) is 37.0 Å². The van der Waals surface area contributed by atoms with Gasteiger partial charge in [0, 0.05) is 19.1 Å². The first kappa shape index (κ1) is 12.9. The molecule has 2 aliphatic heterocycles. The van der Waals surface area contributed by atoms with Crippen LogP contribution in [0.4, 0.5) is 4.79 Å². The number of piperidine rings is 1. The SMILES string of the molecule is O=C1CNC(=O)N1C1CCN(S(=O)(=O)C2CC2)CC1. The van der Waals surface area contributed by atoms with E-state index < -0.39 is 10.0 Å². The molecule has 3 aliphatic rings. The number of sulfonamides is 1. The van der Waals surface area contributed by atoms with Gasteiger partial charge < -0.3 is 5.32 Å². The second-order valence-corrected chi connectivity index (χ2v) is 7.51. The minimum atomic E-state index is -3.13. The Balaban J connectivity index is 1.63. The van der Waals surface area contributed by atoms with Gasteiger partial charge in [0.1, 0.15) is 0 Å². The van der Waals surface area contributed by atoms with Crippen LogP contribution < -0.4 is 5.32 Å². The van der Waals surface area contributed by atoms with Gasteiger partial charge in [0.2, 0.25) is 15.9 Å². The number of nitrogens with zero attached hydrogens (tertiary/aromatic N) is 2. The molecule has 0 radical (unpaired) electrons. The Labute approximate surface area is 112 Å². The fourth-order valence-corrected chi connectivity index (χ4v) is 4.61. The van der Waals surface area contributed by atoms with Gasteiger partial charge in [0.05, 0.1) is 11.8 Å². The molecule has 3 amide bonds. The topological polar surface area (TPSA) is 86.8 Å². The molecule has 0 aromatic carbocycles. The molecule has 7 nitrogen and oxygen atoms in total. The molecule has 8 heteroatoms. The second-order valence-electron chi connectivity index (χ2n) is 5.30. The number of imide groups is 1. The molecule has 1 N–H and O–H groups in total. The summed E-state index contributed by atoms with van der Waals surface area (Å²) in [6, 6.07) is -0.519. The maximum absolute atomic E-state index is 12.1. The molecule has 0 aromatic heterocycles. The van der Waals surface area contributed by atoms with E-state index in [1.807, 2.05) is 0 Å². The van der Waals surface area contributed by atoms with Crippen LogP contribution in [0.25, 0.3) is 0 Å². The summed E-state index contributed by atoms with van der Waals surface area (Å²) < 4.78 is 25.7. The summed E-state index contributed by atoms with van der Waals surface area (Å²) in [6.45, 7) is 0.862. The lowest BCUT2D eigenvalue weighted by Crippen LogP contribution is -2.49. The molecule has 1 saturated carbocycles. The molecule has 3 fully saturated rings. The zero-order valence-electron chi connectivity index (χ0n) is 10.5. The molecule has 106 valence electrons. The monoisotopic (exact) mass is 287 g/mol. The van der Waals surface area contributed by atoms with Gasteiger partial charge in [-0.1, -0.05) is 0 Å². The average Bonchev–Trinajstić information content (AvgIpc) is 3.18. The minimum absolute atomic E-state index is 0.0550. The zero-order chi connectivity index (χ0) is 13.6. The zero-order valence-corrected chi connectivity index (χ0v) is 11.4. The Morgan fingerprint density at radius 2 is 1.68 bits per heavy atom. The van der Waals surface area contributed by atoms with Crippen molar-refractivity contribution in [3.63, 3.8) is 0 Å². The molecule has 0 bridgehead atoms. The molecule has 2 saturated heterocycles. The first-order valence-corrected chi connectivity index (χ1v) is 8.09.